The van der Waals surface area contributed by atoms with Crippen LogP contribution in [0.4, 0.5) is 0 Å². The van der Waals surface area contributed by atoms with Crippen LogP contribution in [0.1, 0.15) is 10.4 Å². The van der Waals surface area contributed by atoms with Crippen LogP contribution >= 0.6 is 33.8 Å². The van der Waals surface area contributed by atoms with E-state index >= 15 is 0 Å². The van der Waals surface area contributed by atoms with Crippen molar-refractivity contribution in [1.29, 1.82) is 0 Å². The Morgan fingerprint density at radius 3 is 2.46 bits per heavy atom. The summed E-state index contributed by atoms with van der Waals surface area (Å²) < 4.78 is 0. The maximum Gasteiger partial charge on any atom is 0.277 e. The fraction of sp³-hybridized carbons (Fsp3) is 0.125. The van der Waals surface area contributed by atoms with Crippen molar-refractivity contribution in [1.82, 2.24) is 0 Å². The average molecular weight is 254 g/mol. The first-order chi connectivity index (χ1) is 5.91. The van der Waals surface area contributed by atoms with E-state index in [0.29, 0.717) is 5.56 Å². The van der Waals surface area contributed by atoms with Crippen LogP contribution in [0.15, 0.2) is 24.3 Å². The summed E-state index contributed by atoms with van der Waals surface area (Å²) in [5, 5.41) is 0.302. The summed E-state index contributed by atoms with van der Waals surface area (Å²) in [6, 6.07) is 6.80. The highest BCUT2D eigenvalue weighted by atomic mass is 35.7. The van der Waals surface area contributed by atoms with E-state index in [1.165, 1.54) is 0 Å². The first-order valence-corrected chi connectivity index (χ1v) is 8.49. The van der Waals surface area contributed by atoms with Crippen LogP contribution in [0, 0.1) is 0 Å². The molecule has 1 aromatic rings. The number of halogens is 3. The number of carbonyl (C=O) groups is 1. The Labute approximate surface area is 92.0 Å². The van der Waals surface area contributed by atoms with Crippen molar-refractivity contribution < 1.29 is 4.79 Å². The molecule has 1 nitrogen and oxygen atoms in total. The van der Waals surface area contributed by atoms with Crippen molar-refractivity contribution in [2.75, 3.05) is 0 Å². The van der Waals surface area contributed by atoms with Crippen LogP contribution in [-0.2, 0) is 0 Å². The summed E-state index contributed by atoms with van der Waals surface area (Å²) in [4.78, 5) is 10.8. The molecular formula is C8H7Cl3OSi. The number of benzene rings is 1. The molecule has 0 N–H and O–H groups in total. The van der Waals surface area contributed by atoms with Crippen LogP contribution in [0.2, 0.25) is 6.55 Å². The SMILES string of the molecule is C[Si](Cl)(Cl)c1cccc(C(=O)Cl)c1. The monoisotopic (exact) mass is 252 g/mol. The number of hydrogen-bond donors (Lipinski definition) is 0. The first kappa shape index (κ1) is 11.1. The van der Waals surface area contributed by atoms with E-state index in [-0.39, 0.29) is 0 Å². The lowest BCUT2D eigenvalue weighted by atomic mass is 10.2. The number of hydrogen-bond acceptors (Lipinski definition) is 1. The van der Waals surface area contributed by atoms with Gasteiger partial charge in [-0.15, -0.1) is 22.2 Å². The summed E-state index contributed by atoms with van der Waals surface area (Å²) >= 11 is 17.3. The largest absolute Gasteiger partial charge is 0.277 e. The van der Waals surface area contributed by atoms with Crippen molar-refractivity contribution in [3.05, 3.63) is 29.8 Å². The molecule has 0 aliphatic carbocycles. The predicted molar refractivity (Wildman–Crippen MR) is 59.6 cm³/mol. The fourth-order valence-electron chi connectivity index (χ4n) is 0.915. The van der Waals surface area contributed by atoms with Gasteiger partial charge >= 0.3 is 0 Å². The molecule has 0 aliphatic heterocycles. The van der Waals surface area contributed by atoms with Crippen LogP contribution in [0.25, 0.3) is 0 Å². The Morgan fingerprint density at radius 1 is 1.38 bits per heavy atom. The van der Waals surface area contributed by atoms with Gasteiger partial charge in [-0.1, -0.05) is 18.2 Å². The second kappa shape index (κ2) is 4.01. The molecule has 0 bridgehead atoms. The van der Waals surface area contributed by atoms with Gasteiger partial charge in [0.2, 0.25) is 0 Å². The van der Waals surface area contributed by atoms with E-state index < -0.39 is 11.9 Å². The summed E-state index contributed by atoms with van der Waals surface area (Å²) in [6.07, 6.45) is 0. The quantitative estimate of drug-likeness (QED) is 0.450. The third-order valence-corrected chi connectivity index (χ3v) is 4.45. The molecule has 0 spiro atoms. The van der Waals surface area contributed by atoms with E-state index in [9.17, 15) is 4.79 Å². The Balaban J connectivity index is 3.13. The molecule has 1 aromatic carbocycles. The average Bonchev–Trinajstić information content (AvgIpc) is 2.03. The van der Waals surface area contributed by atoms with Crippen molar-refractivity contribution in [2.24, 2.45) is 0 Å². The lowest BCUT2D eigenvalue weighted by Gasteiger charge is -2.10. The van der Waals surface area contributed by atoms with Crippen molar-refractivity contribution in [2.45, 2.75) is 6.55 Å². The summed E-state index contributed by atoms with van der Waals surface area (Å²) in [5.41, 5.74) is 0.430. The lowest BCUT2D eigenvalue weighted by molar-refractivity contribution is 0.108. The highest BCUT2D eigenvalue weighted by molar-refractivity contribution is 7.50. The standard InChI is InChI=1S/C8H7Cl3OSi/c1-13(10,11)7-4-2-3-6(5-7)8(9)12/h2-5H,1H3. The molecule has 0 atom stereocenters. The highest BCUT2D eigenvalue weighted by Gasteiger charge is 2.24. The second-order valence-corrected chi connectivity index (χ2v) is 10.6. The normalized spacial score (nSPS) is 11.4. The number of rotatable bonds is 2. The zero-order chi connectivity index (χ0) is 10.1. The minimum atomic E-state index is -2.38. The van der Waals surface area contributed by atoms with E-state index in [2.05, 4.69) is 0 Å². The van der Waals surface area contributed by atoms with Crippen molar-refractivity contribution in [3.8, 4) is 0 Å². The predicted octanol–water partition coefficient (Wildman–Crippen LogP) is 2.82. The summed E-state index contributed by atoms with van der Waals surface area (Å²) in [5.74, 6) is 0. The molecule has 0 aromatic heterocycles. The fourth-order valence-corrected chi connectivity index (χ4v) is 2.54. The van der Waals surface area contributed by atoms with Gasteiger partial charge in [0.05, 0.1) is 0 Å². The van der Waals surface area contributed by atoms with E-state index in [0.717, 1.165) is 5.19 Å². The number of carbonyl (C=O) groups excluding carboxylic acids is 1. The van der Waals surface area contributed by atoms with Crippen LogP contribution in [0.5, 0.6) is 0 Å². The maximum absolute atomic E-state index is 10.8. The van der Waals surface area contributed by atoms with Gasteiger partial charge in [-0.2, -0.15) is 0 Å². The third kappa shape index (κ3) is 2.99. The molecule has 0 saturated carbocycles. The Morgan fingerprint density at radius 2 is 2.00 bits per heavy atom. The van der Waals surface area contributed by atoms with Gasteiger partial charge in [-0.25, -0.2) is 0 Å². The lowest BCUT2D eigenvalue weighted by Crippen LogP contribution is -2.32. The molecule has 0 fully saturated rings. The molecule has 70 valence electrons. The maximum atomic E-state index is 10.8. The Kier molecular flexibility index (Phi) is 3.41. The van der Waals surface area contributed by atoms with E-state index in [1.54, 1.807) is 30.8 Å². The van der Waals surface area contributed by atoms with Gasteiger partial charge in [0.15, 0.2) is 0 Å². The van der Waals surface area contributed by atoms with Gasteiger partial charge in [0.1, 0.15) is 0 Å². The first-order valence-electron chi connectivity index (χ1n) is 3.59. The Bertz CT molecular complexity index is 332. The molecule has 0 saturated heterocycles. The van der Waals surface area contributed by atoms with E-state index in [4.69, 9.17) is 33.8 Å². The van der Waals surface area contributed by atoms with E-state index in [1.807, 2.05) is 0 Å². The topological polar surface area (TPSA) is 17.1 Å². The Hall–Kier alpha value is -0.0231. The van der Waals surface area contributed by atoms with Crippen molar-refractivity contribution in [3.63, 3.8) is 0 Å². The molecule has 0 heterocycles. The van der Waals surface area contributed by atoms with Gasteiger partial charge in [0, 0.05) is 5.56 Å². The molecule has 5 heteroatoms. The van der Waals surface area contributed by atoms with Gasteiger partial charge < -0.3 is 0 Å². The smallest absolute Gasteiger partial charge is 0.276 e. The molecular weight excluding hydrogens is 247 g/mol. The summed E-state index contributed by atoms with van der Waals surface area (Å²) in [7, 11) is 0. The van der Waals surface area contributed by atoms with Crippen molar-refractivity contribution >= 4 is 50.9 Å². The van der Waals surface area contributed by atoms with Crippen LogP contribution < -0.4 is 5.19 Å². The molecule has 1 rings (SSSR count). The highest BCUT2D eigenvalue weighted by Crippen LogP contribution is 2.15. The third-order valence-electron chi connectivity index (χ3n) is 1.60. The van der Waals surface area contributed by atoms with Crippen LogP contribution in [0.3, 0.4) is 0 Å². The zero-order valence-electron chi connectivity index (χ0n) is 6.85. The molecule has 0 aliphatic rings. The van der Waals surface area contributed by atoms with Gasteiger partial charge in [-0.3, -0.25) is 4.79 Å². The van der Waals surface area contributed by atoms with Gasteiger partial charge in [0.25, 0.3) is 11.9 Å². The van der Waals surface area contributed by atoms with Gasteiger partial charge in [-0.05, 0) is 29.4 Å². The van der Waals surface area contributed by atoms with Crippen LogP contribution in [-0.4, -0.2) is 11.9 Å². The summed E-state index contributed by atoms with van der Waals surface area (Å²) in [6.45, 7) is -0.605. The molecule has 13 heavy (non-hydrogen) atoms. The second-order valence-electron chi connectivity index (χ2n) is 2.74. The molecule has 0 radical (unpaired) electrons. The zero-order valence-corrected chi connectivity index (χ0v) is 10.1. The molecule has 0 amide bonds. The molecule has 0 unspecified atom stereocenters. The minimum Gasteiger partial charge on any atom is -0.276 e. The minimum absolute atomic E-state index is 0.430.